The summed E-state index contributed by atoms with van der Waals surface area (Å²) in [7, 11) is 57.0. The standard InChI is InChI=1S/C19H11B9N4O/c20-8-7(19(28)15(25)12(24)16(26)30-18(19)27)9(21)11(23)14(10(8)22)32-4-5-2-1-3-6(17(29)33)13(5)31-32/h1-4,12,15-16,18,30H,(H2,29,33). The zero-order chi connectivity index (χ0) is 24.4. The van der Waals surface area contributed by atoms with Gasteiger partial charge in [-0.15, -0.1) is 0 Å². The van der Waals surface area contributed by atoms with Gasteiger partial charge in [-0.2, -0.15) is 5.10 Å². The maximum Gasteiger partial charge on any atom is 0.250 e. The van der Waals surface area contributed by atoms with Gasteiger partial charge in [-0.25, -0.2) is 4.68 Å². The molecule has 0 spiro atoms. The maximum atomic E-state index is 11.8. The van der Waals surface area contributed by atoms with E-state index in [0.29, 0.717) is 10.9 Å². The number of aromatic nitrogens is 2. The van der Waals surface area contributed by atoms with Crippen LogP contribution in [0.1, 0.15) is 15.9 Å². The van der Waals surface area contributed by atoms with Crippen LogP contribution in [0, 0.1) is 0 Å². The summed E-state index contributed by atoms with van der Waals surface area (Å²) >= 11 is 0. The normalized spacial score (nSPS) is 27.5. The lowest BCUT2D eigenvalue weighted by molar-refractivity contribution is 0.100. The number of fused-ring (bicyclic) bond motifs is 1. The second-order valence-electron chi connectivity index (χ2n) is 8.27. The molecule has 5 unspecified atom stereocenters. The molecule has 3 aromatic rings. The maximum absolute atomic E-state index is 11.8. The number of amides is 1. The van der Waals surface area contributed by atoms with E-state index in [9.17, 15) is 4.79 Å². The van der Waals surface area contributed by atoms with Gasteiger partial charge in [-0.1, -0.05) is 51.2 Å². The van der Waals surface area contributed by atoms with E-state index in [4.69, 9.17) is 76.4 Å². The molecule has 3 N–H and O–H groups in total. The lowest BCUT2D eigenvalue weighted by Gasteiger charge is -2.55. The van der Waals surface area contributed by atoms with Crippen molar-refractivity contribution in [3.05, 3.63) is 35.5 Å². The predicted molar refractivity (Wildman–Crippen MR) is 140 cm³/mol. The minimum absolute atomic E-state index is 0.0178. The summed E-state index contributed by atoms with van der Waals surface area (Å²) in [5.41, 5.74) is 6.53. The highest BCUT2D eigenvalue weighted by Gasteiger charge is 2.45. The van der Waals surface area contributed by atoms with Gasteiger partial charge in [0.2, 0.25) is 0 Å². The van der Waals surface area contributed by atoms with Gasteiger partial charge in [-0.05, 0) is 23.3 Å². The van der Waals surface area contributed by atoms with Crippen molar-refractivity contribution in [1.29, 1.82) is 0 Å². The van der Waals surface area contributed by atoms with Crippen molar-refractivity contribution in [2.45, 2.75) is 28.8 Å². The van der Waals surface area contributed by atoms with Crippen LogP contribution in [-0.2, 0) is 5.31 Å². The number of hydrogen-bond acceptors (Lipinski definition) is 3. The van der Waals surface area contributed by atoms with Crippen molar-refractivity contribution >= 4 is 109 Å². The summed E-state index contributed by atoms with van der Waals surface area (Å²) in [6, 6.07) is 4.99. The lowest BCUT2D eigenvalue weighted by Crippen LogP contribution is -2.66. The van der Waals surface area contributed by atoms with Gasteiger partial charge in [0.25, 0.3) is 5.91 Å². The Hall–Kier alpha value is -2.08. The molecule has 1 saturated heterocycles. The van der Waals surface area contributed by atoms with Crippen LogP contribution in [0.5, 0.6) is 0 Å². The molecule has 18 radical (unpaired) electrons. The third kappa shape index (κ3) is 3.48. The summed E-state index contributed by atoms with van der Waals surface area (Å²) in [5.74, 6) is -3.97. The smallest absolute Gasteiger partial charge is 0.250 e. The molecule has 1 amide bonds. The summed E-state index contributed by atoms with van der Waals surface area (Å²) in [6.45, 7) is 0. The van der Waals surface area contributed by atoms with Crippen molar-refractivity contribution in [3.63, 3.8) is 0 Å². The minimum Gasteiger partial charge on any atom is -0.366 e. The van der Waals surface area contributed by atoms with Gasteiger partial charge in [-0.3, -0.25) is 4.79 Å². The van der Waals surface area contributed by atoms with Crippen LogP contribution in [0.25, 0.3) is 16.6 Å². The van der Waals surface area contributed by atoms with Crippen LogP contribution in [-0.4, -0.2) is 98.2 Å². The third-order valence-electron chi connectivity index (χ3n) is 6.36. The highest BCUT2D eigenvalue weighted by Crippen LogP contribution is 2.43. The molecule has 2 aromatic carbocycles. The van der Waals surface area contributed by atoms with E-state index < -0.39 is 34.7 Å². The molecular formula is C19H11B9N4O. The van der Waals surface area contributed by atoms with E-state index in [1.165, 1.54) is 4.68 Å². The number of benzene rings is 2. The largest absolute Gasteiger partial charge is 0.366 e. The Labute approximate surface area is 204 Å². The molecule has 2 heterocycles. The monoisotopic (exact) mass is 410 g/mol. The van der Waals surface area contributed by atoms with Crippen LogP contribution in [0.15, 0.2) is 24.4 Å². The van der Waals surface area contributed by atoms with E-state index in [1.54, 1.807) is 24.4 Å². The molecule has 33 heavy (non-hydrogen) atoms. The predicted octanol–water partition coefficient (Wildman–Crippen LogP) is -4.83. The highest BCUT2D eigenvalue weighted by molar-refractivity contribution is 6.60. The van der Waals surface area contributed by atoms with Crippen molar-refractivity contribution in [2.24, 2.45) is 5.73 Å². The number of nitrogens with zero attached hydrogens (tertiary/aromatic N) is 2. The summed E-state index contributed by atoms with van der Waals surface area (Å²) < 4.78 is 1.38. The van der Waals surface area contributed by atoms with Crippen LogP contribution >= 0.6 is 0 Å². The van der Waals surface area contributed by atoms with Crippen molar-refractivity contribution in [1.82, 2.24) is 15.1 Å². The number of nitrogens with two attached hydrogens (primary N) is 1. The lowest BCUT2D eigenvalue weighted by atomic mass is 9.34. The zero-order valence-electron chi connectivity index (χ0n) is 17.7. The average molecular weight is 409 g/mol. The molecule has 0 saturated carbocycles. The summed E-state index contributed by atoms with van der Waals surface area (Å²) in [6.07, 6.45) is 1.62. The molecule has 5 atom stereocenters. The Morgan fingerprint density at radius 1 is 1.03 bits per heavy atom. The van der Waals surface area contributed by atoms with E-state index in [1.807, 2.05) is 0 Å². The van der Waals surface area contributed by atoms with Gasteiger partial charge in [0, 0.05) is 17.3 Å². The molecule has 1 fully saturated rings. The molecular weight excluding hydrogens is 398 g/mol. The molecule has 5 nitrogen and oxygen atoms in total. The minimum atomic E-state index is -1.54. The van der Waals surface area contributed by atoms with Gasteiger partial charge in [0.15, 0.2) is 0 Å². The Bertz CT molecular complexity index is 1250. The molecule has 1 aromatic heterocycles. The van der Waals surface area contributed by atoms with Crippen LogP contribution in [0.2, 0.25) is 11.6 Å². The Balaban J connectivity index is 1.95. The first-order valence-corrected chi connectivity index (χ1v) is 10.0. The van der Waals surface area contributed by atoms with Gasteiger partial charge >= 0.3 is 0 Å². The van der Waals surface area contributed by atoms with Crippen molar-refractivity contribution in [3.8, 4) is 5.69 Å². The summed E-state index contributed by atoms with van der Waals surface area (Å²) in [4.78, 5) is 11.8. The number of nitrogens with one attached hydrogen (secondary N) is 1. The van der Waals surface area contributed by atoms with Crippen molar-refractivity contribution in [2.75, 3.05) is 0 Å². The highest BCUT2D eigenvalue weighted by atomic mass is 16.1. The fourth-order valence-corrected chi connectivity index (χ4v) is 4.41. The molecule has 1 aliphatic rings. The second-order valence-corrected chi connectivity index (χ2v) is 8.27. The first kappa shape index (κ1) is 24.1. The number of carbonyl (C=O) groups excluding carboxylic acids is 1. The topological polar surface area (TPSA) is 72.9 Å². The van der Waals surface area contributed by atoms with E-state index >= 15 is 0 Å². The zero-order valence-corrected chi connectivity index (χ0v) is 17.7. The Morgan fingerprint density at radius 2 is 1.64 bits per heavy atom. The average Bonchev–Trinajstić information content (AvgIpc) is 3.19. The van der Waals surface area contributed by atoms with E-state index in [2.05, 4.69) is 10.4 Å². The van der Waals surface area contributed by atoms with Gasteiger partial charge < -0.3 is 11.1 Å². The van der Waals surface area contributed by atoms with Gasteiger partial charge in [0.05, 0.1) is 44.8 Å². The van der Waals surface area contributed by atoms with Crippen molar-refractivity contribution < 1.29 is 4.79 Å². The Kier molecular flexibility index (Phi) is 6.05. The molecule has 1 aliphatic heterocycles. The van der Waals surface area contributed by atoms with E-state index in [0.717, 1.165) is 0 Å². The van der Waals surface area contributed by atoms with Crippen LogP contribution in [0.3, 0.4) is 0 Å². The number of primary amides is 1. The van der Waals surface area contributed by atoms with Crippen LogP contribution < -0.4 is 32.9 Å². The molecule has 140 valence electrons. The number of carbonyl (C=O) groups is 1. The fraction of sp³-hybridized carbons (Fsp3) is 0.263. The summed E-state index contributed by atoms with van der Waals surface area (Å²) in [5, 5.41) is 6.41. The SMILES string of the molecule is [B]c1c([B])c(C2([B])C([B])NC([B])C([B])C2[B])c([B])c([B])c1-n1cc2cccc(C(N)=O)c2n1. The molecule has 0 aliphatic carbocycles. The molecule has 14 heteroatoms. The quantitative estimate of drug-likeness (QED) is 0.427. The first-order valence-electron chi connectivity index (χ1n) is 10.0. The molecule has 4 rings (SSSR count). The van der Waals surface area contributed by atoms with E-state index in [-0.39, 0.29) is 38.7 Å². The Morgan fingerprint density at radius 3 is 2.21 bits per heavy atom. The third-order valence-corrected chi connectivity index (χ3v) is 6.36. The molecule has 0 bridgehead atoms. The number of piperidine rings is 1. The number of rotatable bonds is 3. The van der Waals surface area contributed by atoms with Crippen LogP contribution in [0.4, 0.5) is 0 Å². The second kappa shape index (κ2) is 8.30. The number of hydrogen-bond donors (Lipinski definition) is 2. The van der Waals surface area contributed by atoms with Gasteiger partial charge in [0.1, 0.15) is 36.9 Å². The first-order chi connectivity index (χ1) is 15.4. The fourth-order valence-electron chi connectivity index (χ4n) is 4.41.